The summed E-state index contributed by atoms with van der Waals surface area (Å²) in [5.41, 5.74) is 0.870. The van der Waals surface area contributed by atoms with E-state index < -0.39 is 12.2 Å². The van der Waals surface area contributed by atoms with Gasteiger partial charge in [0.15, 0.2) is 11.2 Å². The Hall–Kier alpha value is -2.68. The van der Waals surface area contributed by atoms with Crippen LogP contribution in [0.2, 0.25) is 0 Å². The van der Waals surface area contributed by atoms with Crippen molar-refractivity contribution in [3.8, 4) is 0 Å². The minimum atomic E-state index is -0.711. The lowest BCUT2D eigenvalue weighted by molar-refractivity contribution is -0.157. The first-order valence-electron chi connectivity index (χ1n) is 12.0. The van der Waals surface area contributed by atoms with Crippen molar-refractivity contribution in [1.29, 1.82) is 0 Å². The molecule has 0 spiro atoms. The molecule has 34 heavy (non-hydrogen) atoms. The number of fused-ring (bicyclic) bond motifs is 1. The zero-order valence-corrected chi connectivity index (χ0v) is 19.6. The highest BCUT2D eigenvalue weighted by Gasteiger charge is 2.33. The average molecular weight is 472 g/mol. The Morgan fingerprint density at radius 1 is 1.15 bits per heavy atom. The van der Waals surface area contributed by atoms with E-state index in [1.807, 2.05) is 13.1 Å². The molecule has 2 atom stereocenters. The summed E-state index contributed by atoms with van der Waals surface area (Å²) in [7, 11) is 1.81. The van der Waals surface area contributed by atoms with Gasteiger partial charge in [-0.05, 0) is 31.1 Å². The minimum Gasteiger partial charge on any atom is -0.464 e. The van der Waals surface area contributed by atoms with Gasteiger partial charge in [-0.25, -0.2) is 0 Å². The van der Waals surface area contributed by atoms with Gasteiger partial charge in [0, 0.05) is 31.0 Å². The number of carbonyl (C=O) groups is 1. The predicted molar refractivity (Wildman–Crippen MR) is 126 cm³/mol. The highest BCUT2D eigenvalue weighted by atomic mass is 16.7. The van der Waals surface area contributed by atoms with E-state index in [-0.39, 0.29) is 49.6 Å². The molecule has 0 saturated heterocycles. The molecule has 4 rings (SSSR count). The molecule has 1 amide bonds. The van der Waals surface area contributed by atoms with Gasteiger partial charge in [-0.2, -0.15) is 0 Å². The second kappa shape index (κ2) is 11.6. The van der Waals surface area contributed by atoms with Crippen LogP contribution >= 0.6 is 0 Å². The van der Waals surface area contributed by atoms with E-state index in [2.05, 4.69) is 0 Å². The van der Waals surface area contributed by atoms with Crippen molar-refractivity contribution in [2.45, 2.75) is 56.8 Å². The Morgan fingerprint density at radius 2 is 1.94 bits per heavy atom. The Morgan fingerprint density at radius 3 is 2.74 bits per heavy atom. The number of likely N-dealkylation sites (N-methyl/N-ethyl adjacent to an activating group) is 1. The van der Waals surface area contributed by atoms with Crippen LogP contribution in [0.3, 0.4) is 0 Å². The quantitative estimate of drug-likeness (QED) is 0.560. The second-order valence-electron chi connectivity index (χ2n) is 8.85. The number of para-hydroxylation sites is 1. The van der Waals surface area contributed by atoms with E-state index in [0.29, 0.717) is 23.0 Å². The number of rotatable bonds is 9. The van der Waals surface area contributed by atoms with Crippen LogP contribution in [0.25, 0.3) is 11.0 Å². The van der Waals surface area contributed by atoms with Crippen LogP contribution in [-0.2, 0) is 19.0 Å². The molecule has 1 saturated carbocycles. The highest BCUT2D eigenvalue weighted by Crippen LogP contribution is 2.32. The molecule has 2 heterocycles. The van der Waals surface area contributed by atoms with Crippen molar-refractivity contribution in [3.63, 3.8) is 0 Å². The third-order valence-electron chi connectivity index (χ3n) is 6.58. The zero-order valence-electron chi connectivity index (χ0n) is 19.6. The van der Waals surface area contributed by atoms with Crippen LogP contribution in [0, 0.1) is 0 Å². The topological polar surface area (TPSA) is 98.4 Å². The minimum absolute atomic E-state index is 0.0609. The number of ether oxygens (including phenoxy) is 3. The van der Waals surface area contributed by atoms with E-state index in [1.165, 1.54) is 12.7 Å². The number of nitrogens with zero attached hydrogens (tertiary/aromatic N) is 1. The molecule has 1 aromatic carbocycles. The first-order valence-corrected chi connectivity index (χ1v) is 12.0. The number of aliphatic hydroxyl groups is 1. The lowest BCUT2D eigenvalue weighted by Crippen LogP contribution is -2.41. The summed E-state index contributed by atoms with van der Waals surface area (Å²) < 4.78 is 22.8. The molecule has 2 aliphatic rings. The monoisotopic (exact) mass is 471 g/mol. The molecule has 8 nitrogen and oxygen atoms in total. The number of allylic oxidation sites excluding steroid dienone is 1. The van der Waals surface area contributed by atoms with Crippen molar-refractivity contribution in [2.24, 2.45) is 0 Å². The van der Waals surface area contributed by atoms with E-state index in [0.717, 1.165) is 25.7 Å². The van der Waals surface area contributed by atoms with Gasteiger partial charge < -0.3 is 28.6 Å². The maximum Gasteiger partial charge on any atom is 0.288 e. The van der Waals surface area contributed by atoms with Gasteiger partial charge >= 0.3 is 0 Å². The smallest absolute Gasteiger partial charge is 0.288 e. The van der Waals surface area contributed by atoms with Crippen LogP contribution < -0.4 is 5.43 Å². The average Bonchev–Trinajstić information content (AvgIpc) is 2.88. The number of benzene rings is 1. The fourth-order valence-corrected chi connectivity index (χ4v) is 4.69. The first-order chi connectivity index (χ1) is 16.6. The number of hydrogen-bond acceptors (Lipinski definition) is 7. The van der Waals surface area contributed by atoms with Crippen molar-refractivity contribution in [1.82, 2.24) is 4.90 Å². The molecular weight excluding hydrogens is 438 g/mol. The fourth-order valence-electron chi connectivity index (χ4n) is 4.69. The standard InChI is InChI=1S/C26H33NO7/c1-27(19-7-3-2-4-8-19)26(30)23-15-18(16-24(34-23)32-14-13-31-12-11-28)21-17-33-22-10-6-5-9-20(22)25(21)29/h5-6,9-10,15,17-19,24,28H,2-4,7-8,11-14,16H2,1H3/t18-,24+/m1/s1. The number of hydrogen-bond donors (Lipinski definition) is 1. The maximum atomic E-state index is 13.4. The number of carbonyl (C=O) groups excluding carboxylic acids is 1. The van der Waals surface area contributed by atoms with Gasteiger partial charge in [0.05, 0.1) is 38.1 Å². The second-order valence-corrected chi connectivity index (χ2v) is 8.85. The Bertz CT molecular complexity index is 1060. The van der Waals surface area contributed by atoms with Gasteiger partial charge in [0.25, 0.3) is 5.91 Å². The van der Waals surface area contributed by atoms with Crippen LogP contribution in [0.15, 0.2) is 51.6 Å². The molecule has 0 bridgehead atoms. The fraction of sp³-hybridized carbons (Fsp3) is 0.538. The summed E-state index contributed by atoms with van der Waals surface area (Å²) in [5, 5.41) is 9.35. The Labute approximate surface area is 199 Å². The molecule has 8 heteroatoms. The van der Waals surface area contributed by atoms with Crippen LogP contribution in [0.1, 0.15) is 50.0 Å². The maximum absolute atomic E-state index is 13.4. The zero-order chi connectivity index (χ0) is 23.9. The van der Waals surface area contributed by atoms with Gasteiger partial charge in [-0.15, -0.1) is 0 Å². The summed E-state index contributed by atoms with van der Waals surface area (Å²) in [6.07, 6.45) is 8.25. The third kappa shape index (κ3) is 5.68. The summed E-state index contributed by atoms with van der Waals surface area (Å²) >= 11 is 0. The molecule has 1 fully saturated rings. The number of aliphatic hydroxyl groups excluding tert-OH is 1. The SMILES string of the molecule is CN(C(=O)C1=C[C@@H](c2coc3ccccc3c2=O)C[C@@H](OCCOCCO)O1)C1CCCCC1. The van der Waals surface area contributed by atoms with Crippen molar-refractivity contribution >= 4 is 16.9 Å². The van der Waals surface area contributed by atoms with Crippen molar-refractivity contribution in [3.05, 3.63) is 58.2 Å². The van der Waals surface area contributed by atoms with E-state index in [9.17, 15) is 9.59 Å². The van der Waals surface area contributed by atoms with Gasteiger partial charge in [-0.3, -0.25) is 9.59 Å². The van der Waals surface area contributed by atoms with Crippen LogP contribution in [0.5, 0.6) is 0 Å². The third-order valence-corrected chi connectivity index (χ3v) is 6.58. The molecule has 184 valence electrons. The summed E-state index contributed by atoms with van der Waals surface area (Å²) in [6, 6.07) is 7.30. The van der Waals surface area contributed by atoms with Crippen molar-refractivity contribution in [2.75, 3.05) is 33.5 Å². The molecule has 2 aromatic rings. The summed E-state index contributed by atoms with van der Waals surface area (Å²) in [5.74, 6) is -0.401. The van der Waals surface area contributed by atoms with E-state index in [1.54, 1.807) is 29.2 Å². The summed E-state index contributed by atoms with van der Waals surface area (Å²) in [6.45, 7) is 0.696. The van der Waals surface area contributed by atoms with Gasteiger partial charge in [0.1, 0.15) is 5.58 Å². The largest absolute Gasteiger partial charge is 0.464 e. The van der Waals surface area contributed by atoms with Crippen molar-refractivity contribution < 1.29 is 28.5 Å². The Kier molecular flexibility index (Phi) is 8.37. The molecule has 1 aliphatic heterocycles. The van der Waals surface area contributed by atoms with E-state index >= 15 is 0 Å². The van der Waals surface area contributed by atoms with Crippen LogP contribution in [0.4, 0.5) is 0 Å². The Balaban J connectivity index is 1.57. The predicted octanol–water partition coefficient (Wildman–Crippen LogP) is 3.32. The molecular formula is C26H33NO7. The molecule has 1 aliphatic carbocycles. The number of amides is 1. The van der Waals surface area contributed by atoms with E-state index in [4.69, 9.17) is 23.7 Å². The van der Waals surface area contributed by atoms with Crippen LogP contribution in [-0.4, -0.2) is 61.7 Å². The van der Waals surface area contributed by atoms with Gasteiger partial charge in [0.2, 0.25) is 6.29 Å². The molecule has 1 aromatic heterocycles. The lowest BCUT2D eigenvalue weighted by atomic mass is 9.92. The highest BCUT2D eigenvalue weighted by molar-refractivity contribution is 5.92. The normalized spacial score (nSPS) is 21.2. The lowest BCUT2D eigenvalue weighted by Gasteiger charge is -2.34. The molecule has 0 unspecified atom stereocenters. The molecule has 0 radical (unpaired) electrons. The first kappa shape index (κ1) is 24.4. The summed E-state index contributed by atoms with van der Waals surface area (Å²) in [4.78, 5) is 28.3. The van der Waals surface area contributed by atoms with Gasteiger partial charge in [-0.1, -0.05) is 31.4 Å². The molecule has 1 N–H and O–H groups in total.